The van der Waals surface area contributed by atoms with E-state index in [1.54, 1.807) is 12.1 Å². The van der Waals surface area contributed by atoms with Crippen molar-refractivity contribution in [2.75, 3.05) is 12.0 Å². The first-order valence-electron chi connectivity index (χ1n) is 9.06. The standard InChI is InChI=1S/C20H33FS/c1-22-18-12-10-8-6-4-2-3-5-7-9-11-13-19-14-16-20(21)17-15-19/h14-17H,2-13,18H2,1H3. The normalized spacial score (nSPS) is 11.0. The Hall–Kier alpha value is -0.500. The van der Waals surface area contributed by atoms with Crippen molar-refractivity contribution < 1.29 is 4.39 Å². The molecule has 0 saturated carbocycles. The van der Waals surface area contributed by atoms with Crippen molar-refractivity contribution in [3.05, 3.63) is 35.6 Å². The molecular formula is C20H33FS. The predicted molar refractivity (Wildman–Crippen MR) is 99.3 cm³/mol. The highest BCUT2D eigenvalue weighted by molar-refractivity contribution is 7.98. The van der Waals surface area contributed by atoms with E-state index in [0.717, 1.165) is 6.42 Å². The number of rotatable bonds is 14. The lowest BCUT2D eigenvalue weighted by molar-refractivity contribution is 0.550. The van der Waals surface area contributed by atoms with Crippen LogP contribution in [0.3, 0.4) is 0 Å². The summed E-state index contributed by atoms with van der Waals surface area (Å²) in [4.78, 5) is 0. The number of hydrogen-bond donors (Lipinski definition) is 0. The molecule has 0 amide bonds. The van der Waals surface area contributed by atoms with Crippen molar-refractivity contribution in [1.29, 1.82) is 0 Å². The van der Waals surface area contributed by atoms with Crippen LogP contribution >= 0.6 is 11.8 Å². The first-order valence-corrected chi connectivity index (χ1v) is 10.5. The molecule has 22 heavy (non-hydrogen) atoms. The van der Waals surface area contributed by atoms with Crippen LogP contribution in [0.25, 0.3) is 0 Å². The minimum absolute atomic E-state index is 0.131. The molecule has 0 nitrogen and oxygen atoms in total. The smallest absolute Gasteiger partial charge is 0.123 e. The van der Waals surface area contributed by atoms with Gasteiger partial charge in [-0.2, -0.15) is 11.8 Å². The molecule has 2 heteroatoms. The third-order valence-electron chi connectivity index (χ3n) is 4.23. The van der Waals surface area contributed by atoms with Gasteiger partial charge in [0.15, 0.2) is 0 Å². The third-order valence-corrected chi connectivity index (χ3v) is 4.92. The fraction of sp³-hybridized carbons (Fsp3) is 0.700. The van der Waals surface area contributed by atoms with Crippen molar-refractivity contribution in [3.8, 4) is 0 Å². The summed E-state index contributed by atoms with van der Waals surface area (Å²) in [7, 11) is 0. The average molecular weight is 325 g/mol. The van der Waals surface area contributed by atoms with Crippen molar-refractivity contribution in [3.63, 3.8) is 0 Å². The molecule has 0 aliphatic heterocycles. The van der Waals surface area contributed by atoms with E-state index < -0.39 is 0 Å². The quantitative estimate of drug-likeness (QED) is 0.331. The summed E-state index contributed by atoms with van der Waals surface area (Å²) < 4.78 is 12.8. The van der Waals surface area contributed by atoms with Crippen molar-refractivity contribution in [2.24, 2.45) is 0 Å². The Kier molecular flexibility index (Phi) is 12.5. The molecular weight excluding hydrogens is 291 g/mol. The zero-order valence-electron chi connectivity index (χ0n) is 14.3. The highest BCUT2D eigenvalue weighted by atomic mass is 32.2. The maximum atomic E-state index is 12.8. The van der Waals surface area contributed by atoms with Crippen LogP contribution in [0.4, 0.5) is 4.39 Å². The van der Waals surface area contributed by atoms with E-state index in [2.05, 4.69) is 6.26 Å². The summed E-state index contributed by atoms with van der Waals surface area (Å²) in [5, 5.41) is 0. The number of halogens is 1. The molecule has 0 N–H and O–H groups in total. The van der Waals surface area contributed by atoms with Crippen LogP contribution in [0, 0.1) is 5.82 Å². The summed E-state index contributed by atoms with van der Waals surface area (Å²) in [6, 6.07) is 6.95. The lowest BCUT2D eigenvalue weighted by Crippen LogP contribution is -1.87. The van der Waals surface area contributed by atoms with Gasteiger partial charge in [0.2, 0.25) is 0 Å². The molecule has 126 valence electrons. The second-order valence-electron chi connectivity index (χ2n) is 6.26. The van der Waals surface area contributed by atoms with Gasteiger partial charge in [0, 0.05) is 0 Å². The largest absolute Gasteiger partial charge is 0.207 e. The van der Waals surface area contributed by atoms with Crippen LogP contribution in [-0.2, 0) is 6.42 Å². The fourth-order valence-corrected chi connectivity index (χ4v) is 3.31. The van der Waals surface area contributed by atoms with Gasteiger partial charge in [-0.05, 0) is 49.0 Å². The molecule has 0 heterocycles. The van der Waals surface area contributed by atoms with E-state index >= 15 is 0 Å². The highest BCUT2D eigenvalue weighted by Crippen LogP contribution is 2.13. The van der Waals surface area contributed by atoms with Gasteiger partial charge in [0.25, 0.3) is 0 Å². The molecule has 0 bridgehead atoms. The minimum Gasteiger partial charge on any atom is -0.207 e. The Morgan fingerprint density at radius 2 is 1.14 bits per heavy atom. The number of aryl methyl sites for hydroxylation is 1. The number of unbranched alkanes of at least 4 members (excludes halogenated alkanes) is 10. The van der Waals surface area contributed by atoms with Crippen LogP contribution in [-0.4, -0.2) is 12.0 Å². The minimum atomic E-state index is -0.131. The Labute approximate surface area is 141 Å². The molecule has 1 aromatic carbocycles. The van der Waals surface area contributed by atoms with E-state index in [4.69, 9.17) is 0 Å². The van der Waals surface area contributed by atoms with Gasteiger partial charge in [-0.15, -0.1) is 0 Å². The maximum absolute atomic E-state index is 12.8. The van der Waals surface area contributed by atoms with Crippen LogP contribution in [0.5, 0.6) is 0 Å². The summed E-state index contributed by atoms with van der Waals surface area (Å²) >= 11 is 1.97. The highest BCUT2D eigenvalue weighted by Gasteiger charge is 1.96. The lowest BCUT2D eigenvalue weighted by Gasteiger charge is -2.03. The molecule has 0 spiro atoms. The van der Waals surface area contributed by atoms with Crippen molar-refractivity contribution in [2.45, 2.75) is 77.0 Å². The molecule has 0 aromatic heterocycles. The van der Waals surface area contributed by atoms with Gasteiger partial charge in [-0.3, -0.25) is 0 Å². The van der Waals surface area contributed by atoms with E-state index in [-0.39, 0.29) is 5.82 Å². The molecule has 1 rings (SSSR count). The van der Waals surface area contributed by atoms with Gasteiger partial charge >= 0.3 is 0 Å². The van der Waals surface area contributed by atoms with E-state index in [0.29, 0.717) is 0 Å². The Balaban J connectivity index is 1.79. The van der Waals surface area contributed by atoms with Gasteiger partial charge < -0.3 is 0 Å². The van der Waals surface area contributed by atoms with Crippen molar-refractivity contribution in [1.82, 2.24) is 0 Å². The number of hydrogen-bond acceptors (Lipinski definition) is 1. The summed E-state index contributed by atoms with van der Waals surface area (Å²) in [6.07, 6.45) is 18.5. The second-order valence-corrected chi connectivity index (χ2v) is 7.24. The molecule has 0 radical (unpaired) electrons. The first kappa shape index (κ1) is 19.5. The summed E-state index contributed by atoms with van der Waals surface area (Å²) in [5.74, 6) is 1.20. The van der Waals surface area contributed by atoms with Gasteiger partial charge in [-0.25, -0.2) is 4.39 Å². The lowest BCUT2D eigenvalue weighted by atomic mass is 10.0. The molecule has 0 unspecified atom stereocenters. The number of benzene rings is 1. The second kappa shape index (κ2) is 14.1. The van der Waals surface area contributed by atoms with Crippen LogP contribution < -0.4 is 0 Å². The van der Waals surface area contributed by atoms with Crippen LogP contribution in [0.1, 0.15) is 76.2 Å². The predicted octanol–water partition coefficient (Wildman–Crippen LogP) is 7.02. The van der Waals surface area contributed by atoms with Crippen molar-refractivity contribution >= 4 is 11.8 Å². The monoisotopic (exact) mass is 324 g/mol. The topological polar surface area (TPSA) is 0 Å². The van der Waals surface area contributed by atoms with Gasteiger partial charge in [0.1, 0.15) is 5.82 Å². The molecule has 0 atom stereocenters. The fourth-order valence-electron chi connectivity index (χ4n) is 2.82. The molecule has 1 aromatic rings. The third kappa shape index (κ3) is 11.1. The zero-order chi connectivity index (χ0) is 15.9. The maximum Gasteiger partial charge on any atom is 0.123 e. The zero-order valence-corrected chi connectivity index (χ0v) is 15.1. The van der Waals surface area contributed by atoms with E-state index in [1.807, 2.05) is 23.9 Å². The van der Waals surface area contributed by atoms with Gasteiger partial charge in [0.05, 0.1) is 0 Å². The molecule has 0 aliphatic rings. The average Bonchev–Trinajstić information content (AvgIpc) is 2.53. The van der Waals surface area contributed by atoms with Gasteiger partial charge in [-0.1, -0.05) is 69.9 Å². The van der Waals surface area contributed by atoms with Crippen LogP contribution in [0.2, 0.25) is 0 Å². The molecule has 0 aliphatic carbocycles. The molecule has 0 fully saturated rings. The summed E-state index contributed by atoms with van der Waals surface area (Å²) in [6.45, 7) is 0. The first-order chi connectivity index (χ1) is 10.8. The van der Waals surface area contributed by atoms with E-state index in [9.17, 15) is 4.39 Å². The number of thioether (sulfide) groups is 1. The van der Waals surface area contributed by atoms with E-state index in [1.165, 1.54) is 81.9 Å². The summed E-state index contributed by atoms with van der Waals surface area (Å²) in [5.41, 5.74) is 1.27. The Morgan fingerprint density at radius 3 is 1.64 bits per heavy atom. The van der Waals surface area contributed by atoms with Crippen LogP contribution in [0.15, 0.2) is 24.3 Å². The SMILES string of the molecule is CSCCCCCCCCCCCCCc1ccc(F)cc1. The Bertz CT molecular complexity index is 347. The molecule has 0 saturated heterocycles. The Morgan fingerprint density at radius 1 is 0.682 bits per heavy atom.